The molecule has 56 heavy (non-hydrogen) atoms. The highest BCUT2D eigenvalue weighted by Gasteiger charge is 2.48. The lowest BCUT2D eigenvalue weighted by molar-refractivity contribution is -0.0376. The van der Waals surface area contributed by atoms with E-state index in [9.17, 15) is 0 Å². The first kappa shape index (κ1) is 42.7. The second-order valence-electron chi connectivity index (χ2n) is 24.2. The molecular weight excluding hydrogens is 673 g/mol. The van der Waals surface area contributed by atoms with E-state index in [1.54, 1.807) is 154 Å². The van der Waals surface area contributed by atoms with Crippen LogP contribution in [0.1, 0.15) is 234 Å². The summed E-state index contributed by atoms with van der Waals surface area (Å²) in [6.07, 6.45) is 46.5. The van der Waals surface area contributed by atoms with E-state index in [1.165, 1.54) is 62.2 Å². The third-order valence-corrected chi connectivity index (χ3v) is 21.8. The summed E-state index contributed by atoms with van der Waals surface area (Å²) in [6, 6.07) is 0. The molecule has 0 spiro atoms. The van der Waals surface area contributed by atoms with Crippen molar-refractivity contribution in [2.45, 2.75) is 234 Å². The minimum Gasteiger partial charge on any atom is -0.0651 e. The molecule has 17 fully saturated rings. The minimum atomic E-state index is 1.12. The van der Waals surface area contributed by atoms with Gasteiger partial charge in [-0.2, -0.15) is 0 Å². The van der Waals surface area contributed by atoms with Crippen molar-refractivity contribution in [3.8, 4) is 0 Å². The molecule has 322 valence electrons. The molecule has 0 aromatic rings. The summed E-state index contributed by atoms with van der Waals surface area (Å²) in [7, 11) is 0. The first-order valence-electron chi connectivity index (χ1n) is 27.4. The van der Waals surface area contributed by atoms with Gasteiger partial charge in [-0.25, -0.2) is 0 Å². The smallest absolute Gasteiger partial charge is 0.0360 e. The summed E-state index contributed by atoms with van der Waals surface area (Å²) in [6.45, 7) is 14.2. The van der Waals surface area contributed by atoms with E-state index >= 15 is 0 Å². The van der Waals surface area contributed by atoms with E-state index in [1.807, 2.05) is 0 Å². The second-order valence-corrected chi connectivity index (χ2v) is 24.2. The molecule has 17 rings (SSSR count). The molecule has 7 atom stereocenters. The Bertz CT molecular complexity index is 1080. The lowest BCUT2D eigenvalue weighted by Gasteiger charge is -2.54. The molecular formula is C56H98. The van der Waals surface area contributed by atoms with E-state index < -0.39 is 0 Å². The fraction of sp³-hybridized carbons (Fsp3) is 1.00. The van der Waals surface area contributed by atoms with Gasteiger partial charge >= 0.3 is 0 Å². The number of fused-ring (bicyclic) bond motifs is 9. The Morgan fingerprint density at radius 3 is 0.857 bits per heavy atom. The summed E-state index contributed by atoms with van der Waals surface area (Å²) in [4.78, 5) is 0. The third-order valence-electron chi connectivity index (χ3n) is 21.8. The van der Waals surface area contributed by atoms with E-state index in [-0.39, 0.29) is 0 Å². The first-order valence-corrected chi connectivity index (χ1v) is 27.4. The van der Waals surface area contributed by atoms with E-state index in [2.05, 4.69) is 41.5 Å². The van der Waals surface area contributed by atoms with E-state index in [0.717, 1.165) is 94.7 Å². The van der Waals surface area contributed by atoms with Crippen LogP contribution in [-0.4, -0.2) is 0 Å². The van der Waals surface area contributed by atoms with Gasteiger partial charge in [0, 0.05) is 0 Å². The van der Waals surface area contributed by atoms with Crippen LogP contribution in [0.2, 0.25) is 0 Å². The van der Waals surface area contributed by atoms with Gasteiger partial charge in [0.15, 0.2) is 0 Å². The molecule has 14 bridgehead atoms. The van der Waals surface area contributed by atoms with Crippen LogP contribution < -0.4 is 0 Å². The van der Waals surface area contributed by atoms with Gasteiger partial charge < -0.3 is 0 Å². The van der Waals surface area contributed by atoms with E-state index in [0.29, 0.717) is 0 Å². The van der Waals surface area contributed by atoms with Crippen LogP contribution in [0, 0.1) is 118 Å². The van der Waals surface area contributed by atoms with Crippen molar-refractivity contribution >= 4 is 0 Å². The molecule has 0 amide bonds. The van der Waals surface area contributed by atoms with Crippen LogP contribution in [-0.2, 0) is 0 Å². The van der Waals surface area contributed by atoms with Gasteiger partial charge in [0.05, 0.1) is 0 Å². The van der Waals surface area contributed by atoms with Gasteiger partial charge in [-0.1, -0.05) is 99.3 Å². The molecule has 0 nitrogen and oxygen atoms in total. The molecule has 17 aliphatic rings. The maximum Gasteiger partial charge on any atom is -0.0360 e. The van der Waals surface area contributed by atoms with Crippen molar-refractivity contribution in [3.63, 3.8) is 0 Å². The summed E-state index contributed by atoms with van der Waals surface area (Å²) in [5.41, 5.74) is 0. The van der Waals surface area contributed by atoms with Gasteiger partial charge in [0.2, 0.25) is 0 Å². The molecule has 0 radical (unpaired) electrons. The van der Waals surface area contributed by atoms with Crippen molar-refractivity contribution in [2.24, 2.45) is 118 Å². The van der Waals surface area contributed by atoms with Crippen LogP contribution in [0.3, 0.4) is 0 Å². The third kappa shape index (κ3) is 9.55. The van der Waals surface area contributed by atoms with Gasteiger partial charge in [-0.15, -0.1) is 0 Å². The van der Waals surface area contributed by atoms with Crippen molar-refractivity contribution in [2.75, 3.05) is 0 Å². The molecule has 0 heteroatoms. The minimum absolute atomic E-state index is 1.12. The summed E-state index contributed by atoms with van der Waals surface area (Å²) >= 11 is 0. The van der Waals surface area contributed by atoms with Crippen LogP contribution in [0.5, 0.6) is 0 Å². The molecule has 7 unspecified atom stereocenters. The summed E-state index contributed by atoms with van der Waals surface area (Å²) in [5.74, 6) is 23.0. The van der Waals surface area contributed by atoms with Crippen molar-refractivity contribution in [3.05, 3.63) is 0 Å². The molecule has 17 saturated carbocycles. The van der Waals surface area contributed by atoms with Gasteiger partial charge in [-0.3, -0.25) is 0 Å². The molecule has 17 aliphatic carbocycles. The maximum absolute atomic E-state index is 2.41. The largest absolute Gasteiger partial charge is 0.0651 e. The zero-order valence-corrected chi connectivity index (χ0v) is 38.8. The van der Waals surface area contributed by atoms with Gasteiger partial charge in [0.25, 0.3) is 0 Å². The normalized spacial score (nSPS) is 50.5. The highest BCUT2D eigenvalue weighted by Crippen LogP contribution is 2.58. The Morgan fingerprint density at radius 2 is 0.554 bits per heavy atom. The molecule has 0 aromatic carbocycles. The quantitative estimate of drug-likeness (QED) is 0.252. The number of hydrogen-bond acceptors (Lipinski definition) is 0. The predicted octanol–water partition coefficient (Wildman–Crippen LogP) is 17.2. The zero-order chi connectivity index (χ0) is 38.8. The van der Waals surface area contributed by atoms with Crippen LogP contribution in [0.15, 0.2) is 0 Å². The topological polar surface area (TPSA) is 0 Å². The predicted molar refractivity (Wildman–Crippen MR) is 242 cm³/mol. The molecule has 0 saturated heterocycles. The van der Waals surface area contributed by atoms with Crippen LogP contribution >= 0.6 is 0 Å². The number of rotatable bonds is 6. The fourth-order valence-corrected chi connectivity index (χ4v) is 18.8. The summed E-state index contributed by atoms with van der Waals surface area (Å²) in [5, 5.41) is 0. The molecule has 0 aliphatic heterocycles. The Labute approximate surface area is 351 Å². The highest BCUT2D eigenvalue weighted by atomic mass is 14.5. The zero-order valence-electron chi connectivity index (χ0n) is 38.8. The average Bonchev–Trinajstić information content (AvgIpc) is 4.09. The SMILES string of the molecule is CCC1C2CC3CC(C2)CC1C3.CCC1C2CCC1C2.CCC1C2CCC1CC2.CCC1CC2CC1C2.CCC1CC2CCC1C2.CCC1CC2CCC1CC2. The number of hydrogen-bond donors (Lipinski definition) is 0. The molecule has 0 aromatic heterocycles. The van der Waals surface area contributed by atoms with Gasteiger partial charge in [0.1, 0.15) is 0 Å². The van der Waals surface area contributed by atoms with Crippen LogP contribution in [0.25, 0.3) is 0 Å². The maximum atomic E-state index is 2.41. The standard InChI is InChI=1S/C12H20.C10H18.2C9H16.2C8H14/c1-2-12-10-4-8-3-9(6-10)7-11(12)5-8;1-2-9-7-8-3-5-10(9)6-4-8;1-2-8-5-7-3-4-9(8)6-7;1-2-9-7-3-4-8(9)6-5-7;1-2-7-3-6-4-8(7)5-6;1-2-8-6-3-4-7(8)5-6/h8-12H,2-7H2,1H3;8-10H,2-7H2,1H3;2*7-9H,2-6H2,1H3;2*6-8H,2-5H2,1H3. The lowest BCUT2D eigenvalue weighted by atomic mass is 9.51. The Morgan fingerprint density at radius 1 is 0.214 bits per heavy atom. The Balaban J connectivity index is 0.0000000950. The highest BCUT2D eigenvalue weighted by molar-refractivity contribution is 4.98. The second kappa shape index (κ2) is 19.8. The fourth-order valence-electron chi connectivity index (χ4n) is 18.8. The van der Waals surface area contributed by atoms with E-state index in [4.69, 9.17) is 0 Å². The van der Waals surface area contributed by atoms with Crippen molar-refractivity contribution < 1.29 is 0 Å². The van der Waals surface area contributed by atoms with Crippen LogP contribution in [0.4, 0.5) is 0 Å². The van der Waals surface area contributed by atoms with Crippen molar-refractivity contribution in [1.29, 1.82) is 0 Å². The monoisotopic (exact) mass is 771 g/mol. The van der Waals surface area contributed by atoms with Crippen molar-refractivity contribution in [1.82, 2.24) is 0 Å². The Hall–Kier alpha value is 0. The first-order chi connectivity index (χ1) is 27.4. The molecule has 0 heterocycles. The molecule has 0 N–H and O–H groups in total. The van der Waals surface area contributed by atoms with Gasteiger partial charge in [-0.05, 0) is 253 Å². The average molecular weight is 771 g/mol. The Kier molecular flexibility index (Phi) is 15.1. The summed E-state index contributed by atoms with van der Waals surface area (Å²) < 4.78 is 0. The lowest BCUT2D eigenvalue weighted by Crippen LogP contribution is -2.44.